The van der Waals surface area contributed by atoms with Gasteiger partial charge < -0.3 is 15.1 Å². The van der Waals surface area contributed by atoms with Crippen molar-refractivity contribution in [1.29, 1.82) is 0 Å². The van der Waals surface area contributed by atoms with Gasteiger partial charge >= 0.3 is 6.03 Å². The van der Waals surface area contributed by atoms with Crippen molar-refractivity contribution in [3.05, 3.63) is 41.8 Å². The maximum atomic E-state index is 13.0. The first-order valence-corrected chi connectivity index (χ1v) is 10.8. The van der Waals surface area contributed by atoms with Crippen LogP contribution in [0.15, 0.2) is 40.0 Å². The van der Waals surface area contributed by atoms with E-state index >= 15 is 0 Å². The number of carbonyl (C=O) groups is 3. The SMILES string of the molecule is CCCNC(=O)CSc1nnc(CC2C(=O)N(Cc3ccccc3)C(=O)NC2C)o1. The summed E-state index contributed by atoms with van der Waals surface area (Å²) in [5.41, 5.74) is 0.868. The summed E-state index contributed by atoms with van der Waals surface area (Å²) in [6.07, 6.45) is 1.08. The zero-order valence-electron chi connectivity index (χ0n) is 17.0. The summed E-state index contributed by atoms with van der Waals surface area (Å²) in [6, 6.07) is 8.57. The molecule has 0 spiro atoms. The van der Waals surface area contributed by atoms with Crippen LogP contribution in [0.2, 0.25) is 0 Å². The van der Waals surface area contributed by atoms with Gasteiger partial charge in [-0.25, -0.2) is 4.79 Å². The van der Waals surface area contributed by atoms with Crippen molar-refractivity contribution >= 4 is 29.6 Å². The van der Waals surface area contributed by atoms with Gasteiger partial charge in [0.2, 0.25) is 17.7 Å². The average Bonchev–Trinajstić information content (AvgIpc) is 3.19. The van der Waals surface area contributed by atoms with Crippen LogP contribution in [0.25, 0.3) is 0 Å². The molecule has 3 rings (SSSR count). The van der Waals surface area contributed by atoms with Crippen LogP contribution >= 0.6 is 11.8 Å². The number of imide groups is 1. The van der Waals surface area contributed by atoms with E-state index in [9.17, 15) is 14.4 Å². The molecule has 2 atom stereocenters. The number of benzene rings is 1. The van der Waals surface area contributed by atoms with E-state index in [1.165, 1.54) is 4.90 Å². The van der Waals surface area contributed by atoms with Crippen molar-refractivity contribution < 1.29 is 18.8 Å². The molecule has 0 aliphatic carbocycles. The van der Waals surface area contributed by atoms with Crippen LogP contribution < -0.4 is 10.6 Å². The fourth-order valence-corrected chi connectivity index (χ4v) is 3.69. The number of amides is 4. The van der Waals surface area contributed by atoms with Gasteiger partial charge in [0.05, 0.1) is 18.2 Å². The van der Waals surface area contributed by atoms with E-state index in [-0.39, 0.29) is 41.8 Å². The Labute approximate surface area is 179 Å². The predicted molar refractivity (Wildman–Crippen MR) is 111 cm³/mol. The van der Waals surface area contributed by atoms with Crippen LogP contribution in [0.1, 0.15) is 31.7 Å². The molecule has 2 unspecified atom stereocenters. The van der Waals surface area contributed by atoms with Gasteiger partial charge in [-0.2, -0.15) is 0 Å². The number of rotatable bonds is 9. The maximum absolute atomic E-state index is 13.0. The summed E-state index contributed by atoms with van der Waals surface area (Å²) >= 11 is 1.15. The molecule has 2 N–H and O–H groups in total. The number of urea groups is 1. The molecular weight excluding hydrogens is 406 g/mol. The second-order valence-corrected chi connectivity index (χ2v) is 7.99. The lowest BCUT2D eigenvalue weighted by atomic mass is 9.93. The standard InChI is InChI=1S/C20H25N5O4S/c1-3-9-21-16(26)12-30-20-24-23-17(29-20)10-15-13(2)22-19(28)25(18(15)27)11-14-7-5-4-6-8-14/h4-8,13,15H,3,9-12H2,1-2H3,(H,21,26)(H,22,28). The zero-order valence-corrected chi connectivity index (χ0v) is 17.8. The molecule has 1 aromatic carbocycles. The van der Waals surface area contributed by atoms with Crippen molar-refractivity contribution in [1.82, 2.24) is 25.7 Å². The van der Waals surface area contributed by atoms with Crippen LogP contribution in [-0.4, -0.2) is 51.3 Å². The quantitative estimate of drug-likeness (QED) is 0.583. The Morgan fingerprint density at radius 2 is 2.03 bits per heavy atom. The second kappa shape index (κ2) is 10.2. The number of hydrogen-bond donors (Lipinski definition) is 2. The molecule has 1 saturated heterocycles. The molecule has 2 aromatic rings. The van der Waals surface area contributed by atoms with Crippen LogP contribution in [0.5, 0.6) is 0 Å². The number of nitrogens with one attached hydrogen (secondary N) is 2. The molecule has 30 heavy (non-hydrogen) atoms. The minimum Gasteiger partial charge on any atom is -0.416 e. The summed E-state index contributed by atoms with van der Waals surface area (Å²) in [7, 11) is 0. The minimum atomic E-state index is -0.516. The lowest BCUT2D eigenvalue weighted by Gasteiger charge is -2.35. The number of aromatic nitrogens is 2. The number of nitrogens with zero attached hydrogens (tertiary/aromatic N) is 3. The van der Waals surface area contributed by atoms with Crippen molar-refractivity contribution in [3.8, 4) is 0 Å². The first kappa shape index (κ1) is 21.8. The third-order valence-corrected chi connectivity index (χ3v) is 5.53. The normalized spacial score (nSPS) is 18.9. The van der Waals surface area contributed by atoms with Crippen LogP contribution in [0, 0.1) is 5.92 Å². The largest absolute Gasteiger partial charge is 0.416 e. The summed E-state index contributed by atoms with van der Waals surface area (Å²) in [6.45, 7) is 4.59. The van der Waals surface area contributed by atoms with Crippen molar-refractivity contribution in [2.45, 2.75) is 44.5 Å². The Balaban J connectivity index is 1.61. The molecule has 1 fully saturated rings. The molecule has 1 aliphatic rings. The molecule has 2 heterocycles. The van der Waals surface area contributed by atoms with Gasteiger partial charge in [-0.3, -0.25) is 14.5 Å². The highest BCUT2D eigenvalue weighted by atomic mass is 32.2. The molecule has 160 valence electrons. The van der Waals surface area contributed by atoms with E-state index in [1.54, 1.807) is 6.92 Å². The minimum absolute atomic E-state index is 0.100. The number of thioether (sulfide) groups is 1. The van der Waals surface area contributed by atoms with Crippen LogP contribution in [-0.2, 0) is 22.6 Å². The highest BCUT2D eigenvalue weighted by Crippen LogP contribution is 2.23. The second-order valence-electron chi connectivity index (χ2n) is 7.06. The third-order valence-electron chi connectivity index (χ3n) is 4.71. The molecule has 10 heteroatoms. The molecular formula is C20H25N5O4S. The fraction of sp³-hybridized carbons (Fsp3) is 0.450. The van der Waals surface area contributed by atoms with Gasteiger partial charge in [0, 0.05) is 19.0 Å². The number of carbonyl (C=O) groups excluding carboxylic acids is 3. The first-order chi connectivity index (χ1) is 14.5. The summed E-state index contributed by atoms with van der Waals surface area (Å²) in [4.78, 5) is 38.2. The van der Waals surface area contributed by atoms with Gasteiger partial charge in [0.25, 0.3) is 5.22 Å². The third kappa shape index (κ3) is 5.59. The van der Waals surface area contributed by atoms with Gasteiger partial charge in [-0.05, 0) is 18.9 Å². The van der Waals surface area contributed by atoms with Gasteiger partial charge in [-0.15, -0.1) is 10.2 Å². The summed E-state index contributed by atoms with van der Waals surface area (Å²) in [5.74, 6) is -0.412. The van der Waals surface area contributed by atoms with Crippen molar-refractivity contribution in [2.24, 2.45) is 5.92 Å². The highest BCUT2D eigenvalue weighted by molar-refractivity contribution is 7.99. The molecule has 0 saturated carbocycles. The van der Waals surface area contributed by atoms with E-state index in [0.717, 1.165) is 23.7 Å². The van der Waals surface area contributed by atoms with Crippen LogP contribution in [0.3, 0.4) is 0 Å². The monoisotopic (exact) mass is 431 g/mol. The van der Waals surface area contributed by atoms with Crippen molar-refractivity contribution in [3.63, 3.8) is 0 Å². The Hall–Kier alpha value is -2.88. The molecule has 4 amide bonds. The van der Waals surface area contributed by atoms with E-state index in [2.05, 4.69) is 20.8 Å². The summed E-state index contributed by atoms with van der Waals surface area (Å²) < 4.78 is 5.60. The molecule has 1 aromatic heterocycles. The molecule has 9 nitrogen and oxygen atoms in total. The number of hydrogen-bond acceptors (Lipinski definition) is 7. The van der Waals surface area contributed by atoms with Crippen LogP contribution in [0.4, 0.5) is 4.79 Å². The topological polar surface area (TPSA) is 117 Å². The average molecular weight is 432 g/mol. The fourth-order valence-electron chi connectivity index (χ4n) is 3.08. The van der Waals surface area contributed by atoms with E-state index < -0.39 is 11.9 Å². The smallest absolute Gasteiger partial charge is 0.324 e. The Morgan fingerprint density at radius 3 is 2.77 bits per heavy atom. The lowest BCUT2D eigenvalue weighted by molar-refractivity contribution is -0.135. The molecule has 1 aliphatic heterocycles. The zero-order chi connectivity index (χ0) is 21.5. The lowest BCUT2D eigenvalue weighted by Crippen LogP contribution is -2.59. The Morgan fingerprint density at radius 1 is 1.27 bits per heavy atom. The van der Waals surface area contributed by atoms with Gasteiger partial charge in [0.15, 0.2) is 0 Å². The van der Waals surface area contributed by atoms with Gasteiger partial charge in [-0.1, -0.05) is 49.0 Å². The van der Waals surface area contributed by atoms with Gasteiger partial charge in [0.1, 0.15) is 0 Å². The predicted octanol–water partition coefficient (Wildman–Crippen LogP) is 1.99. The molecule has 0 radical (unpaired) electrons. The molecule has 0 bridgehead atoms. The summed E-state index contributed by atoms with van der Waals surface area (Å²) in [5, 5.41) is 13.8. The Bertz CT molecular complexity index is 888. The highest BCUT2D eigenvalue weighted by Gasteiger charge is 2.39. The Kier molecular flexibility index (Phi) is 7.45. The van der Waals surface area contributed by atoms with E-state index in [0.29, 0.717) is 12.4 Å². The maximum Gasteiger partial charge on any atom is 0.324 e. The van der Waals surface area contributed by atoms with E-state index in [1.807, 2.05) is 37.3 Å². The van der Waals surface area contributed by atoms with E-state index in [4.69, 9.17) is 4.42 Å². The first-order valence-electron chi connectivity index (χ1n) is 9.85. The van der Waals surface area contributed by atoms with Crippen molar-refractivity contribution in [2.75, 3.05) is 12.3 Å².